The van der Waals surface area contributed by atoms with Crippen molar-refractivity contribution in [1.82, 2.24) is 0 Å². The second kappa shape index (κ2) is 7.70. The van der Waals surface area contributed by atoms with Crippen LogP contribution in [0, 0.1) is 0 Å². The summed E-state index contributed by atoms with van der Waals surface area (Å²) in [5.74, 6) is -0.127. The van der Waals surface area contributed by atoms with Crippen LogP contribution in [0.15, 0.2) is 41.5 Å². The molecule has 0 heterocycles. The number of hydrogen-bond acceptors (Lipinski definition) is 6. The maximum atomic E-state index is 11.0. The van der Waals surface area contributed by atoms with Crippen LogP contribution >= 0.6 is 11.6 Å². The first kappa shape index (κ1) is 17.6. The van der Waals surface area contributed by atoms with Gasteiger partial charge in [-0.3, -0.25) is 5.43 Å². The number of benzene rings is 2. The molecule has 0 amide bonds. The second-order valence-electron chi connectivity index (χ2n) is 4.86. The molecule has 0 spiro atoms. The molecule has 6 nitrogen and oxygen atoms in total. The summed E-state index contributed by atoms with van der Waals surface area (Å²) in [6.07, 6.45) is 0. The van der Waals surface area contributed by atoms with Gasteiger partial charge in [-0.1, -0.05) is 11.6 Å². The van der Waals surface area contributed by atoms with Crippen molar-refractivity contribution in [3.05, 3.63) is 52.5 Å². The number of methoxy groups -OCH3 is 2. The topological polar surface area (TPSA) is 83.0 Å². The molecule has 0 aromatic heterocycles. The number of carbonyl (C=O) groups excluding carboxylic acids is 1. The number of carboxylic acid groups (broad SMARTS) is 1. The lowest BCUT2D eigenvalue weighted by molar-refractivity contribution is -0.255. The number of nitrogens with one attached hydrogen (secondary N) is 1. The molecule has 1 N–H and O–H groups in total. The van der Waals surface area contributed by atoms with Gasteiger partial charge in [-0.2, -0.15) is 5.10 Å². The highest BCUT2D eigenvalue weighted by atomic mass is 35.5. The zero-order valence-electron chi connectivity index (χ0n) is 13.4. The highest BCUT2D eigenvalue weighted by molar-refractivity contribution is 6.33. The molecule has 0 aliphatic carbocycles. The summed E-state index contributed by atoms with van der Waals surface area (Å²) >= 11 is 5.80. The minimum absolute atomic E-state index is 0.0966. The Bertz CT molecular complexity index is 790. The minimum Gasteiger partial charge on any atom is -0.545 e. The van der Waals surface area contributed by atoms with E-state index >= 15 is 0 Å². The molecule has 0 saturated heterocycles. The fourth-order valence-electron chi connectivity index (χ4n) is 2.03. The van der Waals surface area contributed by atoms with Gasteiger partial charge in [0, 0.05) is 16.1 Å². The van der Waals surface area contributed by atoms with Crippen LogP contribution in [0.2, 0.25) is 5.02 Å². The van der Waals surface area contributed by atoms with Crippen molar-refractivity contribution in [2.75, 3.05) is 19.6 Å². The third kappa shape index (κ3) is 3.97. The lowest BCUT2D eigenvalue weighted by Crippen LogP contribution is -2.22. The number of aromatic carboxylic acids is 1. The summed E-state index contributed by atoms with van der Waals surface area (Å²) in [4.78, 5) is 11.0. The SMILES string of the molecule is COc1ccc(/C(C)=N\Nc2ccc(Cl)c(C(=O)[O-])c2)cc1OC. The van der Waals surface area contributed by atoms with E-state index in [0.29, 0.717) is 22.9 Å². The van der Waals surface area contributed by atoms with Gasteiger partial charge in [0.1, 0.15) is 0 Å². The van der Waals surface area contributed by atoms with Crippen molar-refractivity contribution in [1.29, 1.82) is 0 Å². The predicted octanol–water partition coefficient (Wildman–Crippen LogP) is 2.56. The van der Waals surface area contributed by atoms with Crippen molar-refractivity contribution in [3.8, 4) is 11.5 Å². The Morgan fingerprint density at radius 3 is 2.46 bits per heavy atom. The summed E-state index contributed by atoms with van der Waals surface area (Å²) in [5.41, 5.74) is 4.70. The zero-order valence-corrected chi connectivity index (χ0v) is 14.2. The maximum absolute atomic E-state index is 11.0. The van der Waals surface area contributed by atoms with Crippen LogP contribution in [0.1, 0.15) is 22.8 Å². The normalized spacial score (nSPS) is 11.1. The molecular weight excluding hydrogens is 332 g/mol. The van der Waals surface area contributed by atoms with E-state index in [1.165, 1.54) is 12.1 Å². The summed E-state index contributed by atoms with van der Waals surface area (Å²) < 4.78 is 10.5. The van der Waals surface area contributed by atoms with Crippen LogP contribution in [0.5, 0.6) is 11.5 Å². The number of ether oxygens (including phenoxy) is 2. The standard InChI is InChI=1S/C17H17ClN2O4/c1-10(11-4-7-15(23-2)16(8-11)24-3)19-20-12-5-6-14(18)13(9-12)17(21)22/h4-9,20H,1-3H3,(H,21,22)/p-1/b19-10-. The van der Waals surface area contributed by atoms with E-state index in [-0.39, 0.29) is 10.6 Å². The number of carboxylic acids is 1. The molecule has 2 rings (SSSR count). The number of rotatable bonds is 6. The molecule has 0 atom stereocenters. The van der Waals surface area contributed by atoms with Gasteiger partial charge in [0.15, 0.2) is 11.5 Å². The first-order valence-corrected chi connectivity index (χ1v) is 7.37. The Kier molecular flexibility index (Phi) is 5.65. The van der Waals surface area contributed by atoms with Crippen LogP contribution in [0.25, 0.3) is 0 Å². The van der Waals surface area contributed by atoms with Crippen molar-refractivity contribution < 1.29 is 19.4 Å². The molecule has 0 bridgehead atoms. The summed E-state index contributed by atoms with van der Waals surface area (Å²) in [7, 11) is 3.12. The average Bonchev–Trinajstić information content (AvgIpc) is 2.59. The smallest absolute Gasteiger partial charge is 0.161 e. The third-order valence-electron chi connectivity index (χ3n) is 3.34. The Balaban J connectivity index is 2.23. The molecule has 24 heavy (non-hydrogen) atoms. The average molecular weight is 348 g/mol. The molecule has 126 valence electrons. The van der Waals surface area contributed by atoms with Crippen LogP contribution in [-0.2, 0) is 0 Å². The third-order valence-corrected chi connectivity index (χ3v) is 3.67. The monoisotopic (exact) mass is 347 g/mol. The Hall–Kier alpha value is -2.73. The van der Waals surface area contributed by atoms with E-state index in [2.05, 4.69) is 10.5 Å². The van der Waals surface area contributed by atoms with Gasteiger partial charge in [0.2, 0.25) is 0 Å². The van der Waals surface area contributed by atoms with E-state index in [4.69, 9.17) is 21.1 Å². The van der Waals surface area contributed by atoms with Crippen LogP contribution in [0.4, 0.5) is 5.69 Å². The molecule has 0 fully saturated rings. The van der Waals surface area contributed by atoms with Gasteiger partial charge in [-0.15, -0.1) is 0 Å². The minimum atomic E-state index is -1.34. The molecule has 2 aromatic rings. The lowest BCUT2D eigenvalue weighted by atomic mass is 10.1. The predicted molar refractivity (Wildman–Crippen MR) is 91.2 cm³/mol. The fraction of sp³-hybridized carbons (Fsp3) is 0.176. The van der Waals surface area contributed by atoms with Crippen LogP contribution in [-0.4, -0.2) is 25.9 Å². The van der Waals surface area contributed by atoms with Gasteiger partial charge in [0.25, 0.3) is 0 Å². The van der Waals surface area contributed by atoms with Crippen molar-refractivity contribution >= 4 is 29.0 Å². The highest BCUT2D eigenvalue weighted by Gasteiger charge is 2.07. The van der Waals surface area contributed by atoms with Gasteiger partial charge in [0.05, 0.1) is 31.6 Å². The number of nitrogens with zero attached hydrogens (tertiary/aromatic N) is 1. The molecule has 0 radical (unpaired) electrons. The summed E-state index contributed by atoms with van der Waals surface area (Å²) in [5, 5.41) is 15.3. The van der Waals surface area contributed by atoms with Gasteiger partial charge in [-0.25, -0.2) is 0 Å². The number of anilines is 1. The molecule has 0 unspecified atom stereocenters. The van der Waals surface area contributed by atoms with Gasteiger partial charge in [-0.05, 0) is 43.3 Å². The Morgan fingerprint density at radius 2 is 1.83 bits per heavy atom. The fourth-order valence-corrected chi connectivity index (χ4v) is 2.22. The largest absolute Gasteiger partial charge is 0.545 e. The van der Waals surface area contributed by atoms with Crippen molar-refractivity contribution in [2.24, 2.45) is 5.10 Å². The van der Waals surface area contributed by atoms with Crippen LogP contribution in [0.3, 0.4) is 0 Å². The Morgan fingerprint density at radius 1 is 1.12 bits per heavy atom. The van der Waals surface area contributed by atoms with Gasteiger partial charge >= 0.3 is 0 Å². The summed E-state index contributed by atoms with van der Waals surface area (Å²) in [6.45, 7) is 1.81. The Labute approximate surface area is 144 Å². The van der Waals surface area contributed by atoms with Crippen molar-refractivity contribution in [3.63, 3.8) is 0 Å². The van der Waals surface area contributed by atoms with E-state index in [1.807, 2.05) is 13.0 Å². The number of carbonyl (C=O) groups is 1. The molecule has 0 saturated carbocycles. The second-order valence-corrected chi connectivity index (χ2v) is 5.27. The zero-order chi connectivity index (χ0) is 17.7. The van der Waals surface area contributed by atoms with Crippen LogP contribution < -0.4 is 20.0 Å². The molecule has 0 aliphatic heterocycles. The van der Waals surface area contributed by atoms with E-state index < -0.39 is 5.97 Å². The number of hydrogen-bond donors (Lipinski definition) is 1. The maximum Gasteiger partial charge on any atom is 0.161 e. The van der Waals surface area contributed by atoms with E-state index in [9.17, 15) is 9.90 Å². The molecule has 7 heteroatoms. The van der Waals surface area contributed by atoms with Crippen molar-refractivity contribution in [2.45, 2.75) is 6.92 Å². The quantitative estimate of drug-likeness (QED) is 0.641. The van der Waals surface area contributed by atoms with Gasteiger partial charge < -0.3 is 19.4 Å². The van der Waals surface area contributed by atoms with E-state index in [0.717, 1.165) is 5.56 Å². The number of hydrazone groups is 1. The molecule has 2 aromatic carbocycles. The first-order chi connectivity index (χ1) is 11.5. The van der Waals surface area contributed by atoms with E-state index in [1.54, 1.807) is 32.4 Å². The molecular formula is C17H16ClN2O4-. The summed E-state index contributed by atoms with van der Waals surface area (Å²) in [6, 6.07) is 9.88. The highest BCUT2D eigenvalue weighted by Crippen LogP contribution is 2.28. The number of halogens is 1. The lowest BCUT2D eigenvalue weighted by Gasteiger charge is -2.10. The molecule has 0 aliphatic rings. The first-order valence-electron chi connectivity index (χ1n) is 7.00.